The van der Waals surface area contributed by atoms with E-state index in [0.717, 1.165) is 6.08 Å². The van der Waals surface area contributed by atoms with Crippen molar-refractivity contribution in [1.82, 2.24) is 0 Å². The molecular formula is C6H11O6P. The first kappa shape index (κ1) is 10.8. The van der Waals surface area contributed by atoms with Gasteiger partial charge in [0, 0.05) is 12.2 Å². The van der Waals surface area contributed by atoms with E-state index < -0.39 is 26.1 Å². The van der Waals surface area contributed by atoms with E-state index in [4.69, 9.17) is 24.7 Å². The molecule has 1 saturated heterocycles. The number of aliphatic hydroxyl groups excluding tert-OH is 2. The van der Waals surface area contributed by atoms with Crippen LogP contribution >= 0.6 is 7.60 Å². The second-order valence-electron chi connectivity index (χ2n) is 2.79. The number of ether oxygens (including phenoxy) is 1. The molecule has 0 aromatic rings. The van der Waals surface area contributed by atoms with Gasteiger partial charge in [0.15, 0.2) is 6.29 Å². The predicted molar refractivity (Wildman–Crippen MR) is 42.7 cm³/mol. The highest BCUT2D eigenvalue weighted by Gasteiger charge is 2.31. The first-order valence-electron chi connectivity index (χ1n) is 3.65. The SMILES string of the molecule is O=P(O)(O)/C=C/C1O[C@@H](O)C[C@H]1O. The third kappa shape index (κ3) is 3.56. The highest BCUT2D eigenvalue weighted by molar-refractivity contribution is 7.55. The highest BCUT2D eigenvalue weighted by atomic mass is 31.2. The van der Waals surface area contributed by atoms with Crippen LogP contribution in [0.25, 0.3) is 0 Å². The van der Waals surface area contributed by atoms with Crippen molar-refractivity contribution >= 4 is 7.60 Å². The summed E-state index contributed by atoms with van der Waals surface area (Å²) in [6, 6.07) is 0. The Kier molecular flexibility index (Phi) is 3.23. The van der Waals surface area contributed by atoms with Gasteiger partial charge in [-0.3, -0.25) is 4.57 Å². The van der Waals surface area contributed by atoms with Gasteiger partial charge in [0.05, 0.1) is 6.10 Å². The van der Waals surface area contributed by atoms with Gasteiger partial charge in [-0.1, -0.05) is 0 Å². The van der Waals surface area contributed by atoms with Crippen molar-refractivity contribution in [2.24, 2.45) is 0 Å². The van der Waals surface area contributed by atoms with Gasteiger partial charge in [0.1, 0.15) is 6.10 Å². The quantitative estimate of drug-likeness (QED) is 0.442. The van der Waals surface area contributed by atoms with Crippen LogP contribution in [0.2, 0.25) is 0 Å². The Morgan fingerprint density at radius 1 is 1.38 bits per heavy atom. The number of hydrogen-bond acceptors (Lipinski definition) is 4. The molecule has 4 N–H and O–H groups in total. The fourth-order valence-corrected chi connectivity index (χ4v) is 1.43. The molecule has 0 radical (unpaired) electrons. The molecular weight excluding hydrogens is 199 g/mol. The third-order valence-electron chi connectivity index (χ3n) is 1.61. The van der Waals surface area contributed by atoms with Crippen LogP contribution in [-0.2, 0) is 9.30 Å². The Balaban J connectivity index is 2.55. The second kappa shape index (κ2) is 3.88. The Hall–Kier alpha value is -0.230. The van der Waals surface area contributed by atoms with Crippen LogP contribution in [0.4, 0.5) is 0 Å². The van der Waals surface area contributed by atoms with E-state index in [9.17, 15) is 4.57 Å². The summed E-state index contributed by atoms with van der Waals surface area (Å²) < 4.78 is 15.1. The molecule has 0 spiro atoms. The summed E-state index contributed by atoms with van der Waals surface area (Å²) in [5.41, 5.74) is 0. The van der Waals surface area contributed by atoms with E-state index in [1.54, 1.807) is 0 Å². The van der Waals surface area contributed by atoms with Gasteiger partial charge in [-0.15, -0.1) is 0 Å². The maximum atomic E-state index is 10.4. The smallest absolute Gasteiger partial charge is 0.348 e. The van der Waals surface area contributed by atoms with E-state index >= 15 is 0 Å². The molecule has 0 aliphatic carbocycles. The first-order valence-corrected chi connectivity index (χ1v) is 5.33. The van der Waals surface area contributed by atoms with E-state index in [0.29, 0.717) is 5.82 Å². The molecule has 0 amide bonds. The predicted octanol–water partition coefficient (Wildman–Crippen LogP) is -0.854. The highest BCUT2D eigenvalue weighted by Crippen LogP contribution is 2.37. The molecule has 0 bridgehead atoms. The van der Waals surface area contributed by atoms with Crippen LogP contribution in [0.5, 0.6) is 0 Å². The second-order valence-corrected chi connectivity index (χ2v) is 4.27. The minimum absolute atomic E-state index is 0.0518. The van der Waals surface area contributed by atoms with Gasteiger partial charge < -0.3 is 24.7 Å². The Bertz CT molecular complexity index is 246. The molecule has 1 rings (SSSR count). The van der Waals surface area contributed by atoms with E-state index in [1.165, 1.54) is 0 Å². The lowest BCUT2D eigenvalue weighted by atomic mass is 10.2. The van der Waals surface area contributed by atoms with Gasteiger partial charge in [-0.05, 0) is 6.08 Å². The lowest BCUT2D eigenvalue weighted by Crippen LogP contribution is -2.17. The molecule has 0 aromatic heterocycles. The third-order valence-corrected chi connectivity index (χ3v) is 2.17. The Labute approximate surface area is 74.6 Å². The molecule has 3 atom stereocenters. The standard InChI is InChI=1S/C6H11O6P/c7-4-3-6(8)12-5(4)1-2-13(9,10)11/h1-2,4-8H,3H2,(H2,9,10,11)/b2-1+/t4-,5?,6-/m1/s1. The molecule has 7 heteroatoms. The Morgan fingerprint density at radius 3 is 2.38 bits per heavy atom. The Morgan fingerprint density at radius 2 is 2.00 bits per heavy atom. The first-order chi connectivity index (χ1) is 5.88. The van der Waals surface area contributed by atoms with Crippen LogP contribution in [0.3, 0.4) is 0 Å². The zero-order valence-corrected chi connectivity index (χ0v) is 7.54. The molecule has 1 fully saturated rings. The lowest BCUT2D eigenvalue weighted by molar-refractivity contribution is -0.0806. The van der Waals surface area contributed by atoms with Gasteiger partial charge in [-0.25, -0.2) is 0 Å². The van der Waals surface area contributed by atoms with Crippen LogP contribution in [0.1, 0.15) is 6.42 Å². The van der Waals surface area contributed by atoms with Gasteiger partial charge in [0.25, 0.3) is 0 Å². The zero-order valence-electron chi connectivity index (χ0n) is 6.65. The zero-order chi connectivity index (χ0) is 10.1. The van der Waals surface area contributed by atoms with Crippen LogP contribution in [0.15, 0.2) is 11.9 Å². The van der Waals surface area contributed by atoms with Gasteiger partial charge >= 0.3 is 7.60 Å². The summed E-state index contributed by atoms with van der Waals surface area (Å²) in [6.07, 6.45) is -1.72. The van der Waals surface area contributed by atoms with Gasteiger partial charge in [-0.2, -0.15) is 0 Å². The molecule has 6 nitrogen and oxygen atoms in total. The molecule has 1 unspecified atom stereocenters. The molecule has 0 aromatic carbocycles. The number of aliphatic hydroxyl groups is 2. The molecule has 1 aliphatic rings. The average molecular weight is 210 g/mol. The lowest BCUT2D eigenvalue weighted by Gasteiger charge is -2.07. The maximum absolute atomic E-state index is 10.4. The largest absolute Gasteiger partial charge is 0.390 e. The molecule has 76 valence electrons. The van der Waals surface area contributed by atoms with Crippen molar-refractivity contribution in [3.8, 4) is 0 Å². The van der Waals surface area contributed by atoms with E-state index in [2.05, 4.69) is 0 Å². The van der Waals surface area contributed by atoms with Crippen LogP contribution in [-0.4, -0.2) is 38.5 Å². The molecule has 13 heavy (non-hydrogen) atoms. The fraction of sp³-hybridized carbons (Fsp3) is 0.667. The van der Waals surface area contributed by atoms with Crippen molar-refractivity contribution in [3.63, 3.8) is 0 Å². The maximum Gasteiger partial charge on any atom is 0.348 e. The number of rotatable bonds is 2. The summed E-state index contributed by atoms with van der Waals surface area (Å²) in [7, 11) is -4.22. The topological polar surface area (TPSA) is 107 Å². The summed E-state index contributed by atoms with van der Waals surface area (Å²) in [6.45, 7) is 0. The molecule has 1 aliphatic heterocycles. The number of hydrogen-bond donors (Lipinski definition) is 4. The van der Waals surface area contributed by atoms with Crippen molar-refractivity contribution in [2.75, 3.05) is 0 Å². The fourth-order valence-electron chi connectivity index (χ4n) is 1.04. The monoisotopic (exact) mass is 210 g/mol. The van der Waals surface area contributed by atoms with E-state index in [1.807, 2.05) is 0 Å². The average Bonchev–Trinajstić information content (AvgIpc) is 2.24. The minimum atomic E-state index is -4.22. The van der Waals surface area contributed by atoms with Crippen molar-refractivity contribution in [2.45, 2.75) is 24.9 Å². The van der Waals surface area contributed by atoms with E-state index in [-0.39, 0.29) is 6.42 Å². The molecule has 1 heterocycles. The normalized spacial score (nSPS) is 35.8. The summed E-state index contributed by atoms with van der Waals surface area (Å²) in [4.78, 5) is 16.9. The van der Waals surface area contributed by atoms with Crippen molar-refractivity contribution in [1.29, 1.82) is 0 Å². The summed E-state index contributed by atoms with van der Waals surface area (Å²) >= 11 is 0. The van der Waals surface area contributed by atoms with Crippen molar-refractivity contribution < 1.29 is 29.3 Å². The summed E-state index contributed by atoms with van der Waals surface area (Å²) in [5, 5.41) is 18.1. The van der Waals surface area contributed by atoms with Gasteiger partial charge in [0.2, 0.25) is 0 Å². The van der Waals surface area contributed by atoms with Crippen LogP contribution < -0.4 is 0 Å². The summed E-state index contributed by atoms with van der Waals surface area (Å²) in [5.74, 6) is 0.652. The molecule has 0 saturated carbocycles. The van der Waals surface area contributed by atoms with Crippen molar-refractivity contribution in [3.05, 3.63) is 11.9 Å². The van der Waals surface area contributed by atoms with Crippen LogP contribution in [0, 0.1) is 0 Å². The minimum Gasteiger partial charge on any atom is -0.390 e.